The molecule has 0 aliphatic heterocycles. The molecule has 1 aromatic carbocycles. The molecule has 1 N–H and O–H groups in total. The van der Waals surface area contributed by atoms with Gasteiger partial charge in [-0.15, -0.1) is 0 Å². The summed E-state index contributed by atoms with van der Waals surface area (Å²) in [5.74, 6) is -0.955. The third-order valence-corrected chi connectivity index (χ3v) is 3.25. The zero-order valence-corrected chi connectivity index (χ0v) is 13.2. The summed E-state index contributed by atoms with van der Waals surface area (Å²) in [6.45, 7) is -0.470. The topological polar surface area (TPSA) is 68.3 Å². The quantitative estimate of drug-likeness (QED) is 0.842. The van der Waals surface area contributed by atoms with Crippen LogP contribution in [-0.4, -0.2) is 23.5 Å². The van der Waals surface area contributed by atoms with E-state index in [0.29, 0.717) is 15.9 Å². The van der Waals surface area contributed by atoms with Gasteiger partial charge in [0.2, 0.25) is 0 Å². The van der Waals surface area contributed by atoms with Crippen LogP contribution in [0.3, 0.4) is 0 Å². The van der Waals surface area contributed by atoms with Crippen molar-refractivity contribution < 1.29 is 14.3 Å². The van der Waals surface area contributed by atoms with Crippen LogP contribution in [0.25, 0.3) is 0 Å². The molecule has 0 radical (unpaired) electrons. The fourth-order valence-corrected chi connectivity index (χ4v) is 2.09. The van der Waals surface area contributed by atoms with Crippen molar-refractivity contribution in [3.63, 3.8) is 0 Å². The second-order valence-corrected chi connectivity index (χ2v) is 5.39. The number of aromatic nitrogens is 1. The number of pyridine rings is 1. The fourth-order valence-electron chi connectivity index (χ4n) is 1.49. The number of halogens is 3. The number of esters is 1. The molecular weight excluding hydrogens is 351 g/mol. The van der Waals surface area contributed by atoms with Gasteiger partial charge >= 0.3 is 5.97 Å². The summed E-state index contributed by atoms with van der Waals surface area (Å²) in [7, 11) is 0. The van der Waals surface area contributed by atoms with Crippen molar-refractivity contribution in [1.82, 2.24) is 4.98 Å². The number of hydrogen-bond donors (Lipinski definition) is 1. The van der Waals surface area contributed by atoms with E-state index in [1.54, 1.807) is 6.07 Å². The Kier molecular flexibility index (Phi) is 5.60. The van der Waals surface area contributed by atoms with Crippen LogP contribution in [-0.2, 0) is 9.53 Å². The summed E-state index contributed by atoms with van der Waals surface area (Å²) in [6.07, 6.45) is 1.39. The van der Waals surface area contributed by atoms with Crippen molar-refractivity contribution in [3.05, 3.63) is 57.2 Å². The Bertz CT molecular complexity index is 705. The molecule has 0 unspecified atom stereocenters. The van der Waals surface area contributed by atoms with Crippen molar-refractivity contribution in [1.29, 1.82) is 0 Å². The standard InChI is InChI=1S/C14H9Cl3N2O3/c15-8-1-3-10(11(17)5-8)14(21)22-7-13(20)19-12-4-2-9(16)6-18-12/h1-6H,7H2,(H,18,19,20). The van der Waals surface area contributed by atoms with Crippen LogP contribution in [0.4, 0.5) is 5.82 Å². The number of nitrogens with one attached hydrogen (secondary N) is 1. The summed E-state index contributed by atoms with van der Waals surface area (Å²) in [4.78, 5) is 27.4. The molecule has 114 valence electrons. The van der Waals surface area contributed by atoms with Crippen LogP contribution < -0.4 is 5.32 Å². The third kappa shape index (κ3) is 4.59. The molecule has 0 aliphatic rings. The Morgan fingerprint density at radius 1 is 1.09 bits per heavy atom. The molecule has 5 nitrogen and oxygen atoms in total. The predicted octanol–water partition coefficient (Wildman–Crippen LogP) is 3.84. The highest BCUT2D eigenvalue weighted by Crippen LogP contribution is 2.21. The monoisotopic (exact) mass is 358 g/mol. The van der Waals surface area contributed by atoms with Gasteiger partial charge in [-0.25, -0.2) is 9.78 Å². The summed E-state index contributed by atoms with van der Waals surface area (Å²) in [6, 6.07) is 7.44. The molecule has 0 saturated carbocycles. The van der Waals surface area contributed by atoms with E-state index in [4.69, 9.17) is 39.5 Å². The van der Waals surface area contributed by atoms with Gasteiger partial charge in [-0.05, 0) is 30.3 Å². The van der Waals surface area contributed by atoms with Gasteiger partial charge in [0.15, 0.2) is 6.61 Å². The van der Waals surface area contributed by atoms with Gasteiger partial charge in [-0.2, -0.15) is 0 Å². The summed E-state index contributed by atoms with van der Waals surface area (Å²) in [5.41, 5.74) is 0.128. The molecule has 0 fully saturated rings. The number of nitrogens with zero attached hydrogens (tertiary/aromatic N) is 1. The van der Waals surface area contributed by atoms with E-state index in [2.05, 4.69) is 10.3 Å². The number of carbonyl (C=O) groups is 2. The smallest absolute Gasteiger partial charge is 0.340 e. The van der Waals surface area contributed by atoms with E-state index in [1.165, 1.54) is 30.5 Å². The van der Waals surface area contributed by atoms with Crippen molar-refractivity contribution in [3.8, 4) is 0 Å². The van der Waals surface area contributed by atoms with Gasteiger partial charge in [-0.1, -0.05) is 34.8 Å². The zero-order valence-electron chi connectivity index (χ0n) is 11.0. The molecule has 0 atom stereocenters. The largest absolute Gasteiger partial charge is 0.452 e. The second kappa shape index (κ2) is 7.45. The second-order valence-electron chi connectivity index (χ2n) is 4.11. The van der Waals surface area contributed by atoms with E-state index in [1.807, 2.05) is 0 Å². The summed E-state index contributed by atoms with van der Waals surface area (Å²) < 4.78 is 4.87. The van der Waals surface area contributed by atoms with Crippen LogP contribution >= 0.6 is 34.8 Å². The normalized spacial score (nSPS) is 10.1. The molecule has 1 aromatic heterocycles. The number of rotatable bonds is 4. The maximum atomic E-state index is 11.8. The first-order valence-corrected chi connectivity index (χ1v) is 7.12. The Morgan fingerprint density at radius 3 is 2.45 bits per heavy atom. The van der Waals surface area contributed by atoms with Gasteiger partial charge in [-0.3, -0.25) is 4.79 Å². The Hall–Kier alpha value is -1.82. The number of ether oxygens (including phenoxy) is 1. The highest BCUT2D eigenvalue weighted by atomic mass is 35.5. The lowest BCUT2D eigenvalue weighted by Gasteiger charge is -2.07. The Morgan fingerprint density at radius 2 is 1.82 bits per heavy atom. The molecule has 1 amide bonds. The van der Waals surface area contributed by atoms with Gasteiger partial charge in [0.05, 0.1) is 15.6 Å². The van der Waals surface area contributed by atoms with Crippen molar-refractivity contribution in [2.75, 3.05) is 11.9 Å². The first kappa shape index (κ1) is 16.5. The molecule has 0 spiro atoms. The van der Waals surface area contributed by atoms with E-state index in [0.717, 1.165) is 0 Å². The van der Waals surface area contributed by atoms with Crippen LogP contribution in [0, 0.1) is 0 Å². The average molecular weight is 360 g/mol. The molecular formula is C14H9Cl3N2O3. The highest BCUT2D eigenvalue weighted by molar-refractivity contribution is 6.36. The van der Waals surface area contributed by atoms with Gasteiger partial charge < -0.3 is 10.1 Å². The van der Waals surface area contributed by atoms with Gasteiger partial charge in [0, 0.05) is 11.2 Å². The minimum Gasteiger partial charge on any atom is -0.452 e. The van der Waals surface area contributed by atoms with Crippen LogP contribution in [0.5, 0.6) is 0 Å². The highest BCUT2D eigenvalue weighted by Gasteiger charge is 2.14. The number of anilines is 1. The average Bonchev–Trinajstić information content (AvgIpc) is 2.47. The van der Waals surface area contributed by atoms with Gasteiger partial charge in [0.25, 0.3) is 5.91 Å². The van der Waals surface area contributed by atoms with E-state index >= 15 is 0 Å². The molecule has 0 aliphatic carbocycles. The summed E-state index contributed by atoms with van der Waals surface area (Å²) in [5, 5.41) is 3.45. The minimum atomic E-state index is -0.721. The number of carbonyl (C=O) groups excluding carboxylic acids is 2. The first-order chi connectivity index (χ1) is 10.5. The van der Waals surface area contributed by atoms with Crippen molar-refractivity contribution in [2.45, 2.75) is 0 Å². The number of hydrogen-bond acceptors (Lipinski definition) is 4. The Labute approximate surface area is 141 Å². The van der Waals surface area contributed by atoms with Gasteiger partial charge in [0.1, 0.15) is 5.82 Å². The maximum Gasteiger partial charge on any atom is 0.340 e. The van der Waals surface area contributed by atoms with Crippen LogP contribution in [0.15, 0.2) is 36.5 Å². The molecule has 0 saturated heterocycles. The Balaban J connectivity index is 1.90. The van der Waals surface area contributed by atoms with Crippen LogP contribution in [0.2, 0.25) is 15.1 Å². The van der Waals surface area contributed by atoms with E-state index in [9.17, 15) is 9.59 Å². The SMILES string of the molecule is O=C(COC(=O)c1ccc(Cl)cc1Cl)Nc1ccc(Cl)cn1. The number of amides is 1. The minimum absolute atomic E-state index is 0.128. The molecule has 8 heteroatoms. The maximum absolute atomic E-state index is 11.8. The predicted molar refractivity (Wildman–Crippen MR) is 84.6 cm³/mol. The van der Waals surface area contributed by atoms with E-state index < -0.39 is 18.5 Å². The molecule has 0 bridgehead atoms. The first-order valence-electron chi connectivity index (χ1n) is 5.99. The lowest BCUT2D eigenvalue weighted by molar-refractivity contribution is -0.119. The third-order valence-electron chi connectivity index (χ3n) is 2.48. The molecule has 2 rings (SSSR count). The number of benzene rings is 1. The van der Waals surface area contributed by atoms with Crippen LogP contribution in [0.1, 0.15) is 10.4 Å². The van der Waals surface area contributed by atoms with Crippen molar-refractivity contribution in [2.24, 2.45) is 0 Å². The van der Waals surface area contributed by atoms with Crippen molar-refractivity contribution >= 4 is 52.5 Å². The summed E-state index contributed by atoms with van der Waals surface area (Å²) >= 11 is 17.3. The molecule has 1 heterocycles. The lowest BCUT2D eigenvalue weighted by atomic mass is 10.2. The molecule has 2 aromatic rings. The fraction of sp³-hybridized carbons (Fsp3) is 0.0714. The lowest BCUT2D eigenvalue weighted by Crippen LogP contribution is -2.21. The molecule has 22 heavy (non-hydrogen) atoms. The zero-order chi connectivity index (χ0) is 16.1. The van der Waals surface area contributed by atoms with E-state index in [-0.39, 0.29) is 10.6 Å².